The van der Waals surface area contributed by atoms with Gasteiger partial charge in [-0.15, -0.1) is 0 Å². The summed E-state index contributed by atoms with van der Waals surface area (Å²) in [6.45, 7) is 2.23. The monoisotopic (exact) mass is 425 g/mol. The molecule has 0 radical (unpaired) electrons. The number of fused-ring (bicyclic) bond motifs is 1. The molecule has 1 aliphatic rings. The zero-order valence-electron chi connectivity index (χ0n) is 16.3. The third-order valence-corrected chi connectivity index (χ3v) is 5.19. The molecule has 0 bridgehead atoms. The minimum Gasteiger partial charge on any atom is -0.491 e. The first-order valence-corrected chi connectivity index (χ1v) is 10.1. The van der Waals surface area contributed by atoms with E-state index in [9.17, 15) is 9.18 Å². The van der Waals surface area contributed by atoms with Crippen LogP contribution in [0, 0.1) is 5.82 Å². The van der Waals surface area contributed by atoms with E-state index in [1.807, 2.05) is 42.5 Å². The molecule has 0 aliphatic carbocycles. The van der Waals surface area contributed by atoms with Crippen LogP contribution in [-0.4, -0.2) is 24.0 Å². The molecular weight excluding hydrogens is 405 g/mol. The summed E-state index contributed by atoms with van der Waals surface area (Å²) in [6.07, 6.45) is 0. The first-order chi connectivity index (χ1) is 14.6. The zero-order chi connectivity index (χ0) is 20.9. The van der Waals surface area contributed by atoms with E-state index in [2.05, 4.69) is 0 Å². The molecule has 0 aromatic heterocycles. The van der Waals surface area contributed by atoms with E-state index in [1.165, 1.54) is 24.3 Å². The Morgan fingerprint density at radius 2 is 1.70 bits per heavy atom. The van der Waals surface area contributed by atoms with Gasteiger partial charge in [-0.05, 0) is 59.7 Å². The molecule has 1 amide bonds. The molecule has 154 valence electrons. The maximum absolute atomic E-state index is 13.2. The van der Waals surface area contributed by atoms with Crippen molar-refractivity contribution in [2.75, 3.05) is 13.2 Å². The van der Waals surface area contributed by atoms with Crippen molar-refractivity contribution < 1.29 is 18.7 Å². The van der Waals surface area contributed by atoms with E-state index in [1.54, 1.807) is 4.90 Å². The van der Waals surface area contributed by atoms with E-state index in [4.69, 9.17) is 21.1 Å². The number of rotatable bonds is 5. The summed E-state index contributed by atoms with van der Waals surface area (Å²) < 4.78 is 24.8. The fourth-order valence-corrected chi connectivity index (χ4v) is 3.48. The fourth-order valence-electron chi connectivity index (χ4n) is 3.35. The molecule has 3 aromatic rings. The lowest BCUT2D eigenvalue weighted by atomic mass is 10.1. The average Bonchev–Trinajstić information content (AvgIpc) is 2.97. The van der Waals surface area contributed by atoms with Gasteiger partial charge in [0, 0.05) is 22.7 Å². The molecule has 4 rings (SSSR count). The number of amides is 1. The predicted molar refractivity (Wildman–Crippen MR) is 113 cm³/mol. The molecule has 0 saturated carbocycles. The van der Waals surface area contributed by atoms with Crippen molar-refractivity contribution in [3.8, 4) is 5.75 Å². The summed E-state index contributed by atoms with van der Waals surface area (Å²) in [5.41, 5.74) is 3.44. The highest BCUT2D eigenvalue weighted by Gasteiger charge is 2.21. The van der Waals surface area contributed by atoms with Crippen molar-refractivity contribution in [1.29, 1.82) is 0 Å². The van der Waals surface area contributed by atoms with Crippen molar-refractivity contribution >= 4 is 17.5 Å². The highest BCUT2D eigenvalue weighted by Crippen LogP contribution is 2.26. The lowest BCUT2D eigenvalue weighted by Gasteiger charge is -2.20. The number of carbonyl (C=O) groups excluding carboxylic acids is 1. The molecule has 1 aliphatic heterocycles. The molecule has 30 heavy (non-hydrogen) atoms. The first kappa shape index (κ1) is 20.4. The second-order valence-electron chi connectivity index (χ2n) is 7.14. The maximum atomic E-state index is 13.2. The van der Waals surface area contributed by atoms with Crippen LogP contribution in [0.2, 0.25) is 5.02 Å². The minimum absolute atomic E-state index is 0.143. The van der Waals surface area contributed by atoms with Crippen LogP contribution in [-0.2, 0) is 24.5 Å². The number of hydrogen-bond acceptors (Lipinski definition) is 3. The molecule has 6 heteroatoms. The van der Waals surface area contributed by atoms with Crippen LogP contribution in [0.3, 0.4) is 0 Å². The van der Waals surface area contributed by atoms with Gasteiger partial charge in [0.15, 0.2) is 0 Å². The molecule has 0 N–H and O–H groups in total. The Morgan fingerprint density at radius 1 is 1.00 bits per heavy atom. The van der Waals surface area contributed by atoms with Gasteiger partial charge in [0.25, 0.3) is 5.91 Å². The summed E-state index contributed by atoms with van der Waals surface area (Å²) in [5, 5.41) is 0.698. The molecule has 0 atom stereocenters. The van der Waals surface area contributed by atoms with Crippen LogP contribution in [0.15, 0.2) is 66.7 Å². The highest BCUT2D eigenvalue weighted by molar-refractivity contribution is 6.30. The number of benzene rings is 3. The van der Waals surface area contributed by atoms with E-state index >= 15 is 0 Å². The van der Waals surface area contributed by atoms with Crippen molar-refractivity contribution in [3.63, 3.8) is 0 Å². The van der Waals surface area contributed by atoms with E-state index < -0.39 is 0 Å². The van der Waals surface area contributed by atoms with Gasteiger partial charge in [0.05, 0.1) is 19.8 Å². The van der Waals surface area contributed by atoms with Gasteiger partial charge < -0.3 is 14.4 Å². The quantitative estimate of drug-likeness (QED) is 0.561. The number of nitrogens with zero attached hydrogens (tertiary/aromatic N) is 1. The maximum Gasteiger partial charge on any atom is 0.254 e. The van der Waals surface area contributed by atoms with Crippen LogP contribution >= 0.6 is 11.6 Å². The van der Waals surface area contributed by atoms with Crippen molar-refractivity contribution in [3.05, 3.63) is 99.8 Å². The molecule has 3 aromatic carbocycles. The van der Waals surface area contributed by atoms with Gasteiger partial charge in [-0.25, -0.2) is 4.39 Å². The van der Waals surface area contributed by atoms with Crippen LogP contribution in [0.25, 0.3) is 0 Å². The Balaban J connectivity index is 1.42. The summed E-state index contributed by atoms with van der Waals surface area (Å²) >= 11 is 5.91. The fraction of sp³-hybridized carbons (Fsp3) is 0.208. The van der Waals surface area contributed by atoms with Gasteiger partial charge in [-0.3, -0.25) is 4.79 Å². The number of carbonyl (C=O) groups is 1. The predicted octanol–water partition coefficient (Wildman–Crippen LogP) is 5.23. The van der Waals surface area contributed by atoms with Crippen LogP contribution in [0.1, 0.15) is 27.0 Å². The van der Waals surface area contributed by atoms with Crippen LogP contribution < -0.4 is 4.74 Å². The standard InChI is InChI=1S/C24H21ClFNO3/c25-21-6-1-17(2-7-21)15-29-16-18-3-10-23-20(13-18)14-27(11-12-30-23)24(28)19-4-8-22(26)9-5-19/h1-10,13H,11-12,14-16H2. The summed E-state index contributed by atoms with van der Waals surface area (Å²) in [4.78, 5) is 14.5. The molecule has 0 unspecified atom stereocenters. The number of halogens is 2. The second-order valence-corrected chi connectivity index (χ2v) is 7.58. The second kappa shape index (κ2) is 9.28. The van der Waals surface area contributed by atoms with Gasteiger partial charge >= 0.3 is 0 Å². The SMILES string of the molecule is O=C(c1ccc(F)cc1)N1CCOc2ccc(COCc3ccc(Cl)cc3)cc2C1. The molecule has 0 spiro atoms. The number of hydrogen-bond donors (Lipinski definition) is 0. The third kappa shape index (κ3) is 4.99. The van der Waals surface area contributed by atoms with E-state index in [-0.39, 0.29) is 11.7 Å². The normalized spacial score (nSPS) is 13.3. The summed E-state index contributed by atoms with van der Waals surface area (Å²) in [7, 11) is 0. The van der Waals surface area contributed by atoms with E-state index in [0.717, 1.165) is 22.4 Å². The molecule has 4 nitrogen and oxygen atoms in total. The van der Waals surface area contributed by atoms with Crippen molar-refractivity contribution in [2.45, 2.75) is 19.8 Å². The molecule has 0 saturated heterocycles. The van der Waals surface area contributed by atoms with Gasteiger partial charge in [0.2, 0.25) is 0 Å². The topological polar surface area (TPSA) is 38.8 Å². The van der Waals surface area contributed by atoms with Crippen molar-refractivity contribution in [2.24, 2.45) is 0 Å². The van der Waals surface area contributed by atoms with Crippen LogP contribution in [0.5, 0.6) is 5.75 Å². The third-order valence-electron chi connectivity index (χ3n) is 4.93. The Hall–Kier alpha value is -2.89. The van der Waals surface area contributed by atoms with Crippen LogP contribution in [0.4, 0.5) is 4.39 Å². The highest BCUT2D eigenvalue weighted by atomic mass is 35.5. The smallest absolute Gasteiger partial charge is 0.254 e. The van der Waals surface area contributed by atoms with E-state index in [0.29, 0.717) is 43.5 Å². The van der Waals surface area contributed by atoms with Crippen molar-refractivity contribution in [1.82, 2.24) is 4.90 Å². The lowest BCUT2D eigenvalue weighted by Crippen LogP contribution is -2.32. The molecule has 0 fully saturated rings. The first-order valence-electron chi connectivity index (χ1n) is 9.70. The number of ether oxygens (including phenoxy) is 2. The lowest BCUT2D eigenvalue weighted by molar-refractivity contribution is 0.0733. The minimum atomic E-state index is -0.362. The van der Waals surface area contributed by atoms with Gasteiger partial charge in [-0.2, -0.15) is 0 Å². The Kier molecular flexibility index (Phi) is 6.31. The van der Waals surface area contributed by atoms with Gasteiger partial charge in [-0.1, -0.05) is 29.8 Å². The Bertz CT molecular complexity index is 1020. The summed E-state index contributed by atoms with van der Waals surface area (Å²) in [5.74, 6) is 0.265. The molecular formula is C24H21ClFNO3. The zero-order valence-corrected chi connectivity index (χ0v) is 17.1. The summed E-state index contributed by atoms with van der Waals surface area (Å²) in [6, 6.07) is 19.1. The Labute approximate surface area is 179 Å². The average molecular weight is 426 g/mol. The molecule has 1 heterocycles. The largest absolute Gasteiger partial charge is 0.491 e. The van der Waals surface area contributed by atoms with Gasteiger partial charge in [0.1, 0.15) is 18.2 Å². The Morgan fingerprint density at radius 3 is 2.47 bits per heavy atom.